The molecule has 1 rings (SSSR count). The highest BCUT2D eigenvalue weighted by Gasteiger charge is 2.38. The minimum atomic E-state index is -5.28. The molecule has 8 nitrogen and oxygen atoms in total. The Morgan fingerprint density at radius 3 is 2.37 bits per heavy atom. The second kappa shape index (κ2) is 4.70. The van der Waals surface area contributed by atoms with E-state index in [1.54, 1.807) is 0 Å². The minimum absolute atomic E-state index is 0.133. The van der Waals surface area contributed by atoms with E-state index in [2.05, 4.69) is 9.72 Å². The molecule has 0 saturated heterocycles. The number of aromatic hydroxyl groups is 1. The average Bonchev–Trinajstić information content (AvgIpc) is 2.16. The van der Waals surface area contributed by atoms with E-state index >= 15 is 0 Å². The maximum absolute atomic E-state index is 11.9. The standard InChI is InChI=1S/C6H2ClF3N2O6S/c7-19(16,17)3-1-2(13)5(18-6(8,9)10)11-4(3)12(14)15/h1,13H. The van der Waals surface area contributed by atoms with Gasteiger partial charge in [-0.2, -0.15) is 0 Å². The summed E-state index contributed by atoms with van der Waals surface area (Å²) in [5, 5.41) is 19.6. The number of aromatic nitrogens is 1. The predicted octanol–water partition coefficient (Wildman–Crippen LogP) is 1.52. The second-order valence-electron chi connectivity index (χ2n) is 2.88. The zero-order valence-corrected chi connectivity index (χ0v) is 9.95. The largest absolute Gasteiger partial charge is 0.575 e. The monoisotopic (exact) mass is 322 g/mol. The van der Waals surface area contributed by atoms with E-state index in [0.29, 0.717) is 0 Å². The number of nitrogens with zero attached hydrogens (tertiary/aromatic N) is 2. The van der Waals surface area contributed by atoms with Gasteiger partial charge in [-0.3, -0.25) is 0 Å². The van der Waals surface area contributed by atoms with E-state index < -0.39 is 42.7 Å². The highest BCUT2D eigenvalue weighted by Crippen LogP contribution is 2.36. The Morgan fingerprint density at radius 2 is 2.00 bits per heavy atom. The van der Waals surface area contributed by atoms with Gasteiger partial charge >= 0.3 is 18.1 Å². The highest BCUT2D eigenvalue weighted by molar-refractivity contribution is 8.13. The molecule has 0 radical (unpaired) electrons. The normalized spacial score (nSPS) is 12.2. The van der Waals surface area contributed by atoms with Crippen LogP contribution in [0.15, 0.2) is 11.0 Å². The number of rotatable bonds is 3. The highest BCUT2D eigenvalue weighted by atomic mass is 35.7. The van der Waals surface area contributed by atoms with Gasteiger partial charge in [-0.15, -0.1) is 13.2 Å². The van der Waals surface area contributed by atoms with Crippen LogP contribution in [0.4, 0.5) is 19.0 Å². The average molecular weight is 323 g/mol. The molecule has 1 aromatic heterocycles. The molecule has 106 valence electrons. The fourth-order valence-corrected chi connectivity index (χ4v) is 1.89. The van der Waals surface area contributed by atoms with Gasteiger partial charge in [0.05, 0.1) is 0 Å². The number of alkyl halides is 3. The van der Waals surface area contributed by atoms with Crippen LogP contribution in [0.3, 0.4) is 0 Å². The first-order valence-electron chi connectivity index (χ1n) is 4.00. The minimum Gasteiger partial charge on any atom is -0.501 e. The summed E-state index contributed by atoms with van der Waals surface area (Å²) >= 11 is 0. The van der Waals surface area contributed by atoms with Crippen LogP contribution in [-0.2, 0) is 9.05 Å². The van der Waals surface area contributed by atoms with Crippen molar-refractivity contribution in [2.24, 2.45) is 0 Å². The van der Waals surface area contributed by atoms with Gasteiger partial charge in [0.15, 0.2) is 4.90 Å². The Bertz CT molecular complexity index is 631. The molecule has 0 bridgehead atoms. The zero-order valence-electron chi connectivity index (χ0n) is 8.38. The molecule has 0 unspecified atom stereocenters. The number of ether oxygens (including phenoxy) is 1. The first-order valence-corrected chi connectivity index (χ1v) is 6.31. The summed E-state index contributed by atoms with van der Waals surface area (Å²) in [6.45, 7) is 0. The third kappa shape index (κ3) is 3.82. The van der Waals surface area contributed by atoms with Crippen LogP contribution in [0.5, 0.6) is 11.6 Å². The third-order valence-corrected chi connectivity index (χ3v) is 2.89. The summed E-state index contributed by atoms with van der Waals surface area (Å²) in [6, 6.07) is 0.133. The van der Waals surface area contributed by atoms with Crippen molar-refractivity contribution >= 4 is 25.6 Å². The number of hydrogen-bond donors (Lipinski definition) is 1. The SMILES string of the molecule is O=[N+]([O-])c1nc(OC(F)(F)F)c(O)cc1S(=O)(=O)Cl. The molecular formula is C6H2ClF3N2O6S. The third-order valence-electron chi connectivity index (χ3n) is 1.56. The second-order valence-corrected chi connectivity index (χ2v) is 5.41. The van der Waals surface area contributed by atoms with Gasteiger partial charge < -0.3 is 20.0 Å². The van der Waals surface area contributed by atoms with Gasteiger partial charge in [0.25, 0.3) is 9.05 Å². The van der Waals surface area contributed by atoms with Crippen molar-refractivity contribution in [3.63, 3.8) is 0 Å². The molecule has 1 aromatic rings. The molecule has 0 atom stereocenters. The number of hydrogen-bond acceptors (Lipinski definition) is 7. The Labute approximate surface area is 107 Å². The van der Waals surface area contributed by atoms with Gasteiger partial charge in [-0.05, 0) is 4.92 Å². The van der Waals surface area contributed by atoms with Crippen LogP contribution in [-0.4, -0.2) is 29.8 Å². The van der Waals surface area contributed by atoms with E-state index in [-0.39, 0.29) is 6.07 Å². The lowest BCUT2D eigenvalue weighted by Crippen LogP contribution is -2.18. The summed E-state index contributed by atoms with van der Waals surface area (Å²) in [7, 11) is 0.129. The predicted molar refractivity (Wildman–Crippen MR) is 52.3 cm³/mol. The van der Waals surface area contributed by atoms with Crippen molar-refractivity contribution in [3.05, 3.63) is 16.2 Å². The summed E-state index contributed by atoms with van der Waals surface area (Å²) < 4.78 is 60.8. The molecule has 0 aliphatic rings. The van der Waals surface area contributed by atoms with Crippen molar-refractivity contribution in [1.82, 2.24) is 4.98 Å². The molecule has 0 spiro atoms. The Kier molecular flexibility index (Phi) is 3.77. The molecule has 0 aliphatic carbocycles. The summed E-state index contributed by atoms with van der Waals surface area (Å²) in [5.41, 5.74) is 0. The number of nitro groups is 1. The van der Waals surface area contributed by atoms with Gasteiger partial charge in [0.1, 0.15) is 0 Å². The summed E-state index contributed by atoms with van der Waals surface area (Å²) in [6.07, 6.45) is -5.28. The fraction of sp³-hybridized carbons (Fsp3) is 0.167. The Morgan fingerprint density at radius 1 is 1.47 bits per heavy atom. The fourth-order valence-electron chi connectivity index (χ4n) is 0.954. The molecule has 0 fully saturated rings. The molecule has 13 heteroatoms. The molecule has 0 aromatic carbocycles. The van der Waals surface area contributed by atoms with E-state index in [4.69, 9.17) is 15.8 Å². The van der Waals surface area contributed by atoms with Gasteiger partial charge in [-0.1, -0.05) is 0 Å². The van der Waals surface area contributed by atoms with Crippen molar-refractivity contribution in [1.29, 1.82) is 0 Å². The first-order chi connectivity index (χ1) is 8.42. The number of halogens is 4. The Balaban J connectivity index is 3.50. The van der Waals surface area contributed by atoms with Crippen molar-refractivity contribution in [3.8, 4) is 11.6 Å². The van der Waals surface area contributed by atoms with Crippen LogP contribution in [0.2, 0.25) is 0 Å². The first kappa shape index (κ1) is 15.2. The lowest BCUT2D eigenvalue weighted by molar-refractivity contribution is -0.393. The van der Waals surface area contributed by atoms with Crippen molar-refractivity contribution < 1.29 is 36.4 Å². The molecule has 0 aliphatic heterocycles. The molecule has 1 N–H and O–H groups in total. The lowest BCUT2D eigenvalue weighted by Gasteiger charge is -2.07. The van der Waals surface area contributed by atoms with E-state index in [1.807, 2.05) is 0 Å². The maximum Gasteiger partial charge on any atom is 0.575 e. The Hall–Kier alpha value is -1.82. The zero-order chi connectivity index (χ0) is 15.0. The molecule has 19 heavy (non-hydrogen) atoms. The lowest BCUT2D eigenvalue weighted by atomic mass is 10.4. The van der Waals surface area contributed by atoms with Gasteiger partial charge in [0.2, 0.25) is 5.75 Å². The number of pyridine rings is 1. The smallest absolute Gasteiger partial charge is 0.501 e. The van der Waals surface area contributed by atoms with Crippen LogP contribution in [0.25, 0.3) is 0 Å². The van der Waals surface area contributed by atoms with Gasteiger partial charge in [0, 0.05) is 21.7 Å². The molecule has 1 heterocycles. The van der Waals surface area contributed by atoms with E-state index in [0.717, 1.165) is 0 Å². The van der Waals surface area contributed by atoms with Crippen molar-refractivity contribution in [2.45, 2.75) is 11.3 Å². The summed E-state index contributed by atoms with van der Waals surface area (Å²) in [4.78, 5) is 10.5. The van der Waals surface area contributed by atoms with E-state index in [9.17, 15) is 31.7 Å². The van der Waals surface area contributed by atoms with Crippen LogP contribution < -0.4 is 4.74 Å². The maximum atomic E-state index is 11.9. The molecular weight excluding hydrogens is 321 g/mol. The van der Waals surface area contributed by atoms with E-state index in [1.165, 1.54) is 0 Å². The van der Waals surface area contributed by atoms with Crippen LogP contribution >= 0.6 is 10.7 Å². The van der Waals surface area contributed by atoms with Gasteiger partial charge in [-0.25, -0.2) is 8.42 Å². The van der Waals surface area contributed by atoms with Crippen molar-refractivity contribution in [2.75, 3.05) is 0 Å². The molecule has 0 amide bonds. The van der Waals surface area contributed by atoms with Crippen LogP contribution in [0.1, 0.15) is 0 Å². The van der Waals surface area contributed by atoms with Crippen LogP contribution in [0, 0.1) is 10.1 Å². The summed E-state index contributed by atoms with van der Waals surface area (Å²) in [5.74, 6) is -4.45. The molecule has 0 saturated carbocycles. The topological polar surface area (TPSA) is 120 Å². The quantitative estimate of drug-likeness (QED) is 0.509.